The third-order valence-electron chi connectivity index (χ3n) is 4.12. The van der Waals surface area contributed by atoms with E-state index in [2.05, 4.69) is 10.6 Å². The molecular formula is C20H22N2O3S. The second kappa shape index (κ2) is 8.78. The summed E-state index contributed by atoms with van der Waals surface area (Å²) < 4.78 is 11.4. The number of para-hydroxylation sites is 2. The van der Waals surface area contributed by atoms with Gasteiger partial charge in [0.15, 0.2) is 5.11 Å². The minimum atomic E-state index is -0.250. The van der Waals surface area contributed by atoms with Crippen molar-refractivity contribution in [2.75, 3.05) is 18.5 Å². The lowest BCUT2D eigenvalue weighted by atomic mass is 10.1. The Hall–Kier alpha value is -2.44. The van der Waals surface area contributed by atoms with Crippen LogP contribution < -0.4 is 15.4 Å². The average Bonchev–Trinajstić information content (AvgIpc) is 3.15. The molecular weight excluding hydrogens is 348 g/mol. The molecule has 5 nitrogen and oxygen atoms in total. The normalized spacial score (nSPS) is 16.1. The highest BCUT2D eigenvalue weighted by Gasteiger charge is 2.17. The van der Waals surface area contributed by atoms with Gasteiger partial charge in [0.2, 0.25) is 0 Å². The molecule has 0 bridgehead atoms. The summed E-state index contributed by atoms with van der Waals surface area (Å²) in [5.41, 5.74) is 2.36. The minimum Gasteiger partial charge on any atom is -0.489 e. The maximum absolute atomic E-state index is 12.3. The molecule has 1 amide bonds. The summed E-state index contributed by atoms with van der Waals surface area (Å²) >= 11 is 5.27. The van der Waals surface area contributed by atoms with Crippen LogP contribution in [-0.2, 0) is 4.74 Å². The number of carbonyl (C=O) groups is 1. The van der Waals surface area contributed by atoms with Crippen molar-refractivity contribution in [3.8, 4) is 5.75 Å². The molecule has 3 rings (SSSR count). The molecule has 2 aromatic carbocycles. The van der Waals surface area contributed by atoms with Gasteiger partial charge in [-0.25, -0.2) is 0 Å². The molecule has 1 aliphatic rings. The molecule has 1 unspecified atom stereocenters. The number of ether oxygens (including phenoxy) is 2. The van der Waals surface area contributed by atoms with E-state index in [1.807, 2.05) is 43.3 Å². The number of thiocarbonyl (C=S) groups is 1. The van der Waals surface area contributed by atoms with E-state index < -0.39 is 0 Å². The lowest BCUT2D eigenvalue weighted by Gasteiger charge is -2.16. The van der Waals surface area contributed by atoms with Crippen molar-refractivity contribution < 1.29 is 14.3 Å². The lowest BCUT2D eigenvalue weighted by Crippen LogP contribution is -2.34. The van der Waals surface area contributed by atoms with Gasteiger partial charge in [0.05, 0.1) is 11.8 Å². The summed E-state index contributed by atoms with van der Waals surface area (Å²) in [4.78, 5) is 12.3. The van der Waals surface area contributed by atoms with Gasteiger partial charge in [-0.2, -0.15) is 0 Å². The first-order chi connectivity index (χ1) is 12.6. The summed E-state index contributed by atoms with van der Waals surface area (Å²) in [6.07, 6.45) is 2.22. The molecule has 1 heterocycles. The molecule has 1 atom stereocenters. The van der Waals surface area contributed by atoms with Gasteiger partial charge in [0, 0.05) is 12.2 Å². The molecule has 0 aliphatic carbocycles. The molecule has 0 spiro atoms. The summed E-state index contributed by atoms with van der Waals surface area (Å²) in [6.45, 7) is 3.27. The minimum absolute atomic E-state index is 0.135. The van der Waals surface area contributed by atoms with Crippen LogP contribution in [0, 0.1) is 6.92 Å². The van der Waals surface area contributed by atoms with Crippen LogP contribution in [0.1, 0.15) is 28.8 Å². The predicted octanol–water partition coefficient (Wildman–Crippen LogP) is 3.68. The van der Waals surface area contributed by atoms with Gasteiger partial charge in [-0.05, 0) is 56.2 Å². The van der Waals surface area contributed by atoms with Crippen LogP contribution in [0.25, 0.3) is 0 Å². The number of aryl methyl sites for hydroxylation is 1. The first-order valence-corrected chi connectivity index (χ1v) is 9.05. The molecule has 1 saturated heterocycles. The Bertz CT molecular complexity index is 771. The largest absolute Gasteiger partial charge is 0.489 e. The van der Waals surface area contributed by atoms with Crippen LogP contribution in [-0.4, -0.2) is 30.3 Å². The highest BCUT2D eigenvalue weighted by atomic mass is 32.1. The zero-order chi connectivity index (χ0) is 18.4. The monoisotopic (exact) mass is 370 g/mol. The van der Waals surface area contributed by atoms with Crippen LogP contribution in [0.3, 0.4) is 0 Å². The first kappa shape index (κ1) is 18.4. The first-order valence-electron chi connectivity index (χ1n) is 8.64. The summed E-state index contributed by atoms with van der Waals surface area (Å²) in [5.74, 6) is 0.426. The van der Waals surface area contributed by atoms with E-state index in [-0.39, 0.29) is 17.1 Å². The molecule has 0 radical (unpaired) electrons. The molecule has 0 saturated carbocycles. The van der Waals surface area contributed by atoms with Gasteiger partial charge in [0.25, 0.3) is 5.91 Å². The number of nitrogens with one attached hydrogen (secondary N) is 2. The second-order valence-corrected chi connectivity index (χ2v) is 6.62. The summed E-state index contributed by atoms with van der Waals surface area (Å²) in [5, 5.41) is 5.95. The third kappa shape index (κ3) is 5.03. The van der Waals surface area contributed by atoms with Crippen molar-refractivity contribution in [1.29, 1.82) is 0 Å². The predicted molar refractivity (Wildman–Crippen MR) is 106 cm³/mol. The zero-order valence-corrected chi connectivity index (χ0v) is 15.5. The smallest absolute Gasteiger partial charge is 0.257 e. The fourth-order valence-electron chi connectivity index (χ4n) is 2.69. The lowest BCUT2D eigenvalue weighted by molar-refractivity contribution is 0.0682. The van der Waals surface area contributed by atoms with Crippen molar-refractivity contribution in [1.82, 2.24) is 5.32 Å². The van der Waals surface area contributed by atoms with E-state index in [9.17, 15) is 4.79 Å². The van der Waals surface area contributed by atoms with E-state index in [1.165, 1.54) is 0 Å². The van der Waals surface area contributed by atoms with Gasteiger partial charge in [-0.3, -0.25) is 10.1 Å². The van der Waals surface area contributed by atoms with Crippen molar-refractivity contribution in [3.05, 3.63) is 59.7 Å². The summed E-state index contributed by atoms with van der Waals surface area (Å²) in [7, 11) is 0. The number of rotatable bonds is 5. The van der Waals surface area contributed by atoms with Gasteiger partial charge < -0.3 is 14.8 Å². The molecule has 1 aliphatic heterocycles. The quantitative estimate of drug-likeness (QED) is 0.787. The van der Waals surface area contributed by atoms with Crippen molar-refractivity contribution >= 4 is 28.9 Å². The summed E-state index contributed by atoms with van der Waals surface area (Å²) in [6, 6.07) is 14.8. The Labute approximate surface area is 158 Å². The second-order valence-electron chi connectivity index (χ2n) is 6.22. The SMILES string of the molecule is Cc1ccc(C(=O)NC(=S)Nc2ccccc2OCC2CCCO2)cc1. The maximum Gasteiger partial charge on any atom is 0.257 e. The topological polar surface area (TPSA) is 59.6 Å². The van der Waals surface area contributed by atoms with Crippen molar-refractivity contribution in [3.63, 3.8) is 0 Å². The van der Waals surface area contributed by atoms with Crippen LogP contribution in [0.15, 0.2) is 48.5 Å². The highest BCUT2D eigenvalue weighted by molar-refractivity contribution is 7.80. The van der Waals surface area contributed by atoms with E-state index in [4.69, 9.17) is 21.7 Å². The molecule has 2 N–H and O–H groups in total. The molecule has 136 valence electrons. The van der Waals surface area contributed by atoms with Gasteiger partial charge >= 0.3 is 0 Å². The standard InChI is InChI=1S/C20H22N2O3S/c1-14-8-10-15(11-9-14)19(23)22-20(26)21-17-6-2-3-7-18(17)25-13-16-5-4-12-24-16/h2-3,6-11,16H,4-5,12-13H2,1H3,(H2,21,22,23,26). The van der Waals surface area contributed by atoms with Crippen LogP contribution in [0.5, 0.6) is 5.75 Å². The fraction of sp³-hybridized carbons (Fsp3) is 0.300. The molecule has 0 aromatic heterocycles. The Morgan fingerprint density at radius 2 is 2.00 bits per heavy atom. The number of carbonyl (C=O) groups excluding carboxylic acids is 1. The Balaban J connectivity index is 1.58. The van der Waals surface area contributed by atoms with Crippen LogP contribution >= 0.6 is 12.2 Å². The van der Waals surface area contributed by atoms with Crippen molar-refractivity contribution in [2.45, 2.75) is 25.9 Å². The Morgan fingerprint density at radius 3 is 2.73 bits per heavy atom. The zero-order valence-electron chi connectivity index (χ0n) is 14.7. The van der Waals surface area contributed by atoms with E-state index in [1.54, 1.807) is 12.1 Å². The van der Waals surface area contributed by atoms with Crippen LogP contribution in [0.4, 0.5) is 5.69 Å². The number of benzene rings is 2. The maximum atomic E-state index is 12.3. The van der Waals surface area contributed by atoms with E-state index in [0.717, 1.165) is 25.0 Å². The van der Waals surface area contributed by atoms with Gasteiger partial charge in [0.1, 0.15) is 12.4 Å². The Morgan fingerprint density at radius 1 is 1.23 bits per heavy atom. The van der Waals surface area contributed by atoms with E-state index in [0.29, 0.717) is 23.6 Å². The molecule has 1 fully saturated rings. The van der Waals surface area contributed by atoms with E-state index >= 15 is 0 Å². The fourth-order valence-corrected chi connectivity index (χ4v) is 2.89. The average molecular weight is 370 g/mol. The van der Waals surface area contributed by atoms with Gasteiger partial charge in [-0.15, -0.1) is 0 Å². The number of anilines is 1. The number of hydrogen-bond acceptors (Lipinski definition) is 4. The number of hydrogen-bond donors (Lipinski definition) is 2. The Kier molecular flexibility index (Phi) is 6.20. The molecule has 2 aromatic rings. The van der Waals surface area contributed by atoms with Crippen molar-refractivity contribution in [2.24, 2.45) is 0 Å². The van der Waals surface area contributed by atoms with Crippen LogP contribution in [0.2, 0.25) is 0 Å². The highest BCUT2D eigenvalue weighted by Crippen LogP contribution is 2.25. The number of amides is 1. The third-order valence-corrected chi connectivity index (χ3v) is 4.33. The van der Waals surface area contributed by atoms with Gasteiger partial charge in [-0.1, -0.05) is 29.8 Å². The molecule has 26 heavy (non-hydrogen) atoms. The molecule has 6 heteroatoms.